The first-order valence-electron chi connectivity index (χ1n) is 10.9. The Morgan fingerprint density at radius 3 is 2.27 bits per heavy atom. The fourth-order valence-electron chi connectivity index (χ4n) is 3.15. The zero-order valence-electron chi connectivity index (χ0n) is 19.3. The number of hydrogen-bond acceptors (Lipinski definition) is 7. The summed E-state index contributed by atoms with van der Waals surface area (Å²) in [6.45, 7) is 8.04. The summed E-state index contributed by atoms with van der Waals surface area (Å²) in [5, 5.41) is 6.04. The number of hydrogen-bond donors (Lipinski definition) is 2. The van der Waals surface area contributed by atoms with Crippen LogP contribution < -0.4 is 15.4 Å². The van der Waals surface area contributed by atoms with E-state index in [1.165, 1.54) is 0 Å². The third kappa shape index (κ3) is 7.17. The highest BCUT2D eigenvalue weighted by atomic mass is 19.1. The molecule has 7 nitrogen and oxygen atoms in total. The Balaban J connectivity index is 1.65. The number of anilines is 4. The third-order valence-electron chi connectivity index (χ3n) is 4.75. The quantitative estimate of drug-likeness (QED) is 0.368. The second kappa shape index (κ2) is 11.3. The summed E-state index contributed by atoms with van der Waals surface area (Å²) < 4.78 is 24.9. The summed E-state index contributed by atoms with van der Waals surface area (Å²) in [6, 6.07) is 14.8. The van der Waals surface area contributed by atoms with Gasteiger partial charge >= 0.3 is 5.97 Å². The average molecular weight is 453 g/mol. The first-order valence-corrected chi connectivity index (χ1v) is 10.9. The van der Waals surface area contributed by atoms with Crippen LogP contribution in [0, 0.1) is 5.82 Å². The molecule has 1 aromatic heterocycles. The van der Waals surface area contributed by atoms with Gasteiger partial charge in [-0.1, -0.05) is 19.1 Å². The van der Waals surface area contributed by atoms with Crippen molar-refractivity contribution in [1.29, 1.82) is 0 Å². The minimum atomic E-state index is -0.569. The largest absolute Gasteiger partial charge is 0.491 e. The monoisotopic (exact) mass is 452 g/mol. The van der Waals surface area contributed by atoms with Gasteiger partial charge in [-0.2, -0.15) is 4.98 Å². The first kappa shape index (κ1) is 24.0. The lowest BCUT2D eigenvalue weighted by molar-refractivity contribution is -0.143. The van der Waals surface area contributed by atoms with Crippen molar-refractivity contribution in [2.45, 2.75) is 46.1 Å². The Bertz CT molecular complexity index is 1060. The maximum absolute atomic E-state index is 14.3. The van der Waals surface area contributed by atoms with Gasteiger partial charge in [-0.15, -0.1) is 0 Å². The summed E-state index contributed by atoms with van der Waals surface area (Å²) >= 11 is 0. The number of nitrogens with one attached hydrogen (secondary N) is 2. The number of aromatic nitrogens is 2. The minimum absolute atomic E-state index is 0.0158. The fraction of sp³-hybridized carbons (Fsp3) is 0.320. The van der Waals surface area contributed by atoms with E-state index in [1.807, 2.05) is 69.3 Å². The van der Waals surface area contributed by atoms with E-state index in [9.17, 15) is 9.18 Å². The van der Waals surface area contributed by atoms with Gasteiger partial charge in [-0.25, -0.2) is 9.37 Å². The minimum Gasteiger partial charge on any atom is -0.491 e. The summed E-state index contributed by atoms with van der Waals surface area (Å²) in [5.41, 5.74) is 2.41. The van der Waals surface area contributed by atoms with Gasteiger partial charge in [0.1, 0.15) is 5.75 Å². The molecule has 0 saturated carbocycles. The highest BCUT2D eigenvalue weighted by Crippen LogP contribution is 2.25. The number of esters is 1. The Morgan fingerprint density at radius 2 is 1.64 bits per heavy atom. The first-order chi connectivity index (χ1) is 15.8. The second-order valence-electron chi connectivity index (χ2n) is 7.86. The van der Waals surface area contributed by atoms with Gasteiger partial charge in [-0.3, -0.25) is 4.79 Å². The van der Waals surface area contributed by atoms with E-state index in [-0.39, 0.29) is 29.8 Å². The zero-order chi connectivity index (χ0) is 23.8. The fourth-order valence-corrected chi connectivity index (χ4v) is 3.15. The number of benzene rings is 2. The molecule has 3 aromatic rings. The number of halogens is 1. The molecule has 1 atom stereocenters. The summed E-state index contributed by atoms with van der Waals surface area (Å²) in [4.78, 5) is 20.0. The molecule has 2 N–H and O–H groups in total. The standard InChI is InChI=1S/C25H29FN4O3/c1-5-32-23(31)14-17(4)18-6-8-19(9-7-18)28-24-22(26)15-27-25(30-24)29-20-10-12-21(13-11-20)33-16(2)3/h6-13,15-17H,5,14H2,1-4H3,(H2,27,28,29,30). The molecule has 1 heterocycles. The van der Waals surface area contributed by atoms with E-state index in [2.05, 4.69) is 20.6 Å². The lowest BCUT2D eigenvalue weighted by atomic mass is 9.98. The molecule has 0 bridgehead atoms. The van der Waals surface area contributed by atoms with Crippen molar-refractivity contribution in [3.8, 4) is 5.75 Å². The summed E-state index contributed by atoms with van der Waals surface area (Å²) in [6.07, 6.45) is 1.51. The molecule has 33 heavy (non-hydrogen) atoms. The van der Waals surface area contributed by atoms with Crippen molar-refractivity contribution in [2.24, 2.45) is 0 Å². The maximum Gasteiger partial charge on any atom is 0.306 e. The van der Waals surface area contributed by atoms with Crippen molar-refractivity contribution in [3.63, 3.8) is 0 Å². The highest BCUT2D eigenvalue weighted by molar-refractivity contribution is 5.70. The molecule has 0 saturated heterocycles. The van der Waals surface area contributed by atoms with Crippen LogP contribution in [0.1, 0.15) is 45.6 Å². The molecule has 0 aliphatic rings. The molecule has 0 aliphatic carbocycles. The molecule has 1 unspecified atom stereocenters. The van der Waals surface area contributed by atoms with Crippen molar-refractivity contribution >= 4 is 29.1 Å². The molecule has 0 aliphatic heterocycles. The Kier molecular flexibility index (Phi) is 8.18. The molecule has 174 valence electrons. The van der Waals surface area contributed by atoms with Gasteiger partial charge in [0.15, 0.2) is 11.6 Å². The van der Waals surface area contributed by atoms with Crippen molar-refractivity contribution in [2.75, 3.05) is 17.2 Å². The van der Waals surface area contributed by atoms with Crippen LogP contribution in [-0.4, -0.2) is 28.6 Å². The number of carbonyl (C=O) groups is 1. The van der Waals surface area contributed by atoms with Crippen LogP contribution in [0.5, 0.6) is 5.75 Å². The Labute approximate surface area is 193 Å². The second-order valence-corrected chi connectivity index (χ2v) is 7.86. The van der Waals surface area contributed by atoms with Gasteiger partial charge < -0.3 is 20.1 Å². The van der Waals surface area contributed by atoms with Crippen LogP contribution in [0.2, 0.25) is 0 Å². The highest BCUT2D eigenvalue weighted by Gasteiger charge is 2.13. The van der Waals surface area contributed by atoms with Crippen LogP contribution in [0.25, 0.3) is 0 Å². The summed E-state index contributed by atoms with van der Waals surface area (Å²) in [7, 11) is 0. The lowest BCUT2D eigenvalue weighted by Crippen LogP contribution is -2.08. The predicted octanol–water partition coefficient (Wildman–Crippen LogP) is 5.95. The van der Waals surface area contributed by atoms with E-state index in [4.69, 9.17) is 9.47 Å². The number of rotatable bonds is 10. The average Bonchev–Trinajstić information content (AvgIpc) is 2.77. The van der Waals surface area contributed by atoms with Crippen LogP contribution in [0.4, 0.5) is 27.5 Å². The topological polar surface area (TPSA) is 85.4 Å². The van der Waals surface area contributed by atoms with Crippen LogP contribution in [0.15, 0.2) is 54.7 Å². The van der Waals surface area contributed by atoms with Gasteiger partial charge in [0, 0.05) is 11.4 Å². The summed E-state index contributed by atoms with van der Waals surface area (Å²) in [5.74, 6) is 0.300. The van der Waals surface area contributed by atoms with E-state index in [1.54, 1.807) is 6.92 Å². The lowest BCUT2D eigenvalue weighted by Gasteiger charge is -2.13. The molecule has 2 aromatic carbocycles. The van der Waals surface area contributed by atoms with Crippen LogP contribution in [-0.2, 0) is 9.53 Å². The molecule has 3 rings (SSSR count). The Morgan fingerprint density at radius 1 is 1.00 bits per heavy atom. The van der Waals surface area contributed by atoms with Crippen molar-refractivity contribution < 1.29 is 18.7 Å². The van der Waals surface area contributed by atoms with Crippen molar-refractivity contribution in [1.82, 2.24) is 9.97 Å². The molecule has 0 amide bonds. The molecule has 0 radical (unpaired) electrons. The van der Waals surface area contributed by atoms with E-state index >= 15 is 0 Å². The number of ether oxygens (including phenoxy) is 2. The molecular formula is C25H29FN4O3. The van der Waals surface area contributed by atoms with E-state index < -0.39 is 5.82 Å². The van der Waals surface area contributed by atoms with E-state index in [0.717, 1.165) is 23.2 Å². The van der Waals surface area contributed by atoms with Gasteiger partial charge in [-0.05, 0) is 68.7 Å². The van der Waals surface area contributed by atoms with Gasteiger partial charge in [0.05, 0.1) is 25.3 Å². The molecule has 0 spiro atoms. The maximum atomic E-state index is 14.3. The van der Waals surface area contributed by atoms with Crippen LogP contribution >= 0.6 is 0 Å². The normalized spacial score (nSPS) is 11.7. The number of carbonyl (C=O) groups excluding carboxylic acids is 1. The van der Waals surface area contributed by atoms with E-state index in [0.29, 0.717) is 18.7 Å². The smallest absolute Gasteiger partial charge is 0.306 e. The predicted molar refractivity (Wildman–Crippen MR) is 127 cm³/mol. The SMILES string of the molecule is CCOC(=O)CC(C)c1ccc(Nc2nc(Nc3ccc(OC(C)C)cc3)ncc2F)cc1. The molecule has 8 heteroatoms. The van der Waals surface area contributed by atoms with Crippen LogP contribution in [0.3, 0.4) is 0 Å². The third-order valence-corrected chi connectivity index (χ3v) is 4.75. The Hall–Kier alpha value is -3.68. The van der Waals surface area contributed by atoms with Gasteiger partial charge in [0.2, 0.25) is 5.95 Å². The molecule has 0 fully saturated rings. The zero-order valence-corrected chi connectivity index (χ0v) is 19.3. The number of nitrogens with zero attached hydrogens (tertiary/aromatic N) is 2. The molecular weight excluding hydrogens is 423 g/mol. The van der Waals surface area contributed by atoms with Gasteiger partial charge in [0.25, 0.3) is 0 Å². The van der Waals surface area contributed by atoms with Crippen molar-refractivity contribution in [3.05, 3.63) is 66.1 Å².